The van der Waals surface area contributed by atoms with Gasteiger partial charge in [-0.25, -0.2) is 0 Å². The maximum atomic E-state index is 11.9. The van der Waals surface area contributed by atoms with E-state index in [0.717, 1.165) is 12.8 Å². The van der Waals surface area contributed by atoms with E-state index in [9.17, 15) is 4.79 Å². The first kappa shape index (κ1) is 10.4. The zero-order valence-corrected chi connectivity index (χ0v) is 9.23. The summed E-state index contributed by atoms with van der Waals surface area (Å²) < 4.78 is 0. The number of Topliss-reactive ketones (excluding diaryl/α,β-unsaturated/α-hetero) is 1. The van der Waals surface area contributed by atoms with Crippen LogP contribution in [0.15, 0.2) is 36.5 Å². The third kappa shape index (κ3) is 2.28. The highest BCUT2D eigenvalue weighted by Crippen LogP contribution is 2.34. The minimum absolute atomic E-state index is 0.214. The van der Waals surface area contributed by atoms with Gasteiger partial charge in [0.15, 0.2) is 0 Å². The molecule has 1 saturated carbocycles. The lowest BCUT2D eigenvalue weighted by Gasteiger charge is -2.31. The van der Waals surface area contributed by atoms with Crippen LogP contribution in [0.3, 0.4) is 0 Å². The molecular formula is C14H18O. The van der Waals surface area contributed by atoms with Gasteiger partial charge in [0.1, 0.15) is 5.78 Å². The molecule has 0 aromatic carbocycles. The molecule has 0 aromatic heterocycles. The smallest absolute Gasteiger partial charge is 0.137 e. The summed E-state index contributed by atoms with van der Waals surface area (Å²) in [5.74, 6) is 1.51. The van der Waals surface area contributed by atoms with Crippen molar-refractivity contribution in [2.75, 3.05) is 0 Å². The Morgan fingerprint density at radius 2 is 1.80 bits per heavy atom. The maximum Gasteiger partial charge on any atom is 0.137 e. The first-order valence-electron chi connectivity index (χ1n) is 5.83. The molecule has 0 aromatic rings. The van der Waals surface area contributed by atoms with Gasteiger partial charge in [-0.15, -0.1) is 0 Å². The lowest BCUT2D eigenvalue weighted by Crippen LogP contribution is -2.31. The second kappa shape index (κ2) is 4.61. The van der Waals surface area contributed by atoms with Crippen LogP contribution in [-0.2, 0) is 4.79 Å². The predicted molar refractivity (Wildman–Crippen MR) is 62.4 cm³/mol. The number of allylic oxidation sites excluding steroid dienone is 6. The number of rotatable bonds is 1. The fourth-order valence-corrected chi connectivity index (χ4v) is 2.67. The molecule has 0 N–H and O–H groups in total. The van der Waals surface area contributed by atoms with E-state index in [0.29, 0.717) is 17.6 Å². The fourth-order valence-electron chi connectivity index (χ4n) is 2.67. The van der Waals surface area contributed by atoms with E-state index in [1.54, 1.807) is 0 Å². The number of ketones is 1. The molecule has 2 aliphatic carbocycles. The fraction of sp³-hybridized carbons (Fsp3) is 0.500. The second-order valence-electron chi connectivity index (χ2n) is 4.59. The molecule has 15 heavy (non-hydrogen) atoms. The van der Waals surface area contributed by atoms with Crippen LogP contribution >= 0.6 is 0 Å². The predicted octanol–water partition coefficient (Wildman–Crippen LogP) is 3.29. The number of carbonyl (C=O) groups is 1. The van der Waals surface area contributed by atoms with Gasteiger partial charge in [0, 0.05) is 18.3 Å². The third-order valence-electron chi connectivity index (χ3n) is 3.48. The van der Waals surface area contributed by atoms with Gasteiger partial charge < -0.3 is 0 Å². The van der Waals surface area contributed by atoms with Crippen molar-refractivity contribution in [3.8, 4) is 0 Å². The molecule has 0 radical (unpaired) electrons. The highest BCUT2D eigenvalue weighted by molar-refractivity contribution is 5.82. The van der Waals surface area contributed by atoms with Gasteiger partial charge in [0.25, 0.3) is 0 Å². The zero-order chi connectivity index (χ0) is 10.7. The summed E-state index contributed by atoms with van der Waals surface area (Å²) in [5.41, 5.74) is 0. The first-order valence-corrected chi connectivity index (χ1v) is 5.83. The first-order chi connectivity index (χ1) is 7.29. The van der Waals surface area contributed by atoms with Gasteiger partial charge in [-0.05, 0) is 18.8 Å². The quantitative estimate of drug-likeness (QED) is 0.637. The molecule has 80 valence electrons. The van der Waals surface area contributed by atoms with E-state index in [-0.39, 0.29) is 5.92 Å². The van der Waals surface area contributed by atoms with Crippen molar-refractivity contribution >= 4 is 5.78 Å². The molecule has 0 heterocycles. The van der Waals surface area contributed by atoms with Crippen molar-refractivity contribution in [3.63, 3.8) is 0 Å². The molecule has 1 fully saturated rings. The molecule has 0 amide bonds. The van der Waals surface area contributed by atoms with Crippen molar-refractivity contribution in [2.45, 2.75) is 26.2 Å². The average molecular weight is 202 g/mol. The van der Waals surface area contributed by atoms with E-state index in [1.807, 2.05) is 12.2 Å². The lowest BCUT2D eigenvalue weighted by molar-refractivity contribution is -0.127. The Balaban J connectivity index is 2.16. The molecular weight excluding hydrogens is 184 g/mol. The number of hydrogen-bond acceptors (Lipinski definition) is 1. The SMILES string of the molecule is C[C@@H]1CCCC(=O)[C@H]1C1C=CC=CC=C1. The zero-order valence-electron chi connectivity index (χ0n) is 9.23. The van der Waals surface area contributed by atoms with Crippen molar-refractivity contribution in [2.24, 2.45) is 17.8 Å². The lowest BCUT2D eigenvalue weighted by atomic mass is 9.72. The molecule has 0 bridgehead atoms. The van der Waals surface area contributed by atoms with E-state index in [4.69, 9.17) is 0 Å². The highest BCUT2D eigenvalue weighted by atomic mass is 16.1. The highest BCUT2D eigenvalue weighted by Gasteiger charge is 2.32. The van der Waals surface area contributed by atoms with Crippen LogP contribution < -0.4 is 0 Å². The summed E-state index contributed by atoms with van der Waals surface area (Å²) in [7, 11) is 0. The van der Waals surface area contributed by atoms with Gasteiger partial charge in [-0.3, -0.25) is 4.79 Å². The Morgan fingerprint density at radius 1 is 1.13 bits per heavy atom. The Kier molecular flexibility index (Phi) is 3.20. The van der Waals surface area contributed by atoms with Crippen molar-refractivity contribution in [1.29, 1.82) is 0 Å². The molecule has 0 spiro atoms. The number of hydrogen-bond donors (Lipinski definition) is 0. The average Bonchev–Trinajstić information content (AvgIpc) is 2.46. The summed E-state index contributed by atoms with van der Waals surface area (Å²) in [6, 6.07) is 0. The van der Waals surface area contributed by atoms with Crippen LogP contribution in [0.4, 0.5) is 0 Å². The molecule has 2 atom stereocenters. The minimum Gasteiger partial charge on any atom is -0.299 e. The van der Waals surface area contributed by atoms with Crippen LogP contribution in [0.5, 0.6) is 0 Å². The van der Waals surface area contributed by atoms with E-state index in [2.05, 4.69) is 31.2 Å². The number of carbonyl (C=O) groups excluding carboxylic acids is 1. The van der Waals surface area contributed by atoms with E-state index < -0.39 is 0 Å². The Labute approximate surface area is 91.6 Å². The molecule has 0 saturated heterocycles. The molecule has 1 heteroatoms. The molecule has 0 unspecified atom stereocenters. The summed E-state index contributed by atoms with van der Waals surface area (Å²) in [4.78, 5) is 11.9. The topological polar surface area (TPSA) is 17.1 Å². The van der Waals surface area contributed by atoms with Crippen molar-refractivity contribution < 1.29 is 4.79 Å². The van der Waals surface area contributed by atoms with Crippen LogP contribution in [0.1, 0.15) is 26.2 Å². The van der Waals surface area contributed by atoms with Crippen LogP contribution in [0.25, 0.3) is 0 Å². The van der Waals surface area contributed by atoms with Gasteiger partial charge in [-0.2, -0.15) is 0 Å². The Bertz CT molecular complexity index is 306. The Morgan fingerprint density at radius 3 is 2.40 bits per heavy atom. The minimum atomic E-state index is 0.214. The summed E-state index contributed by atoms with van der Waals surface area (Å²) in [6.07, 6.45) is 15.5. The van der Waals surface area contributed by atoms with Crippen molar-refractivity contribution in [1.82, 2.24) is 0 Å². The van der Waals surface area contributed by atoms with E-state index in [1.165, 1.54) is 6.42 Å². The van der Waals surface area contributed by atoms with E-state index >= 15 is 0 Å². The molecule has 1 nitrogen and oxygen atoms in total. The van der Waals surface area contributed by atoms with Gasteiger partial charge in [-0.1, -0.05) is 43.4 Å². The summed E-state index contributed by atoms with van der Waals surface area (Å²) in [5, 5.41) is 0. The van der Waals surface area contributed by atoms with Gasteiger partial charge in [0.05, 0.1) is 0 Å². The van der Waals surface area contributed by atoms with Gasteiger partial charge in [0.2, 0.25) is 0 Å². The monoisotopic (exact) mass is 202 g/mol. The molecule has 2 aliphatic rings. The van der Waals surface area contributed by atoms with Crippen LogP contribution in [0.2, 0.25) is 0 Å². The third-order valence-corrected chi connectivity index (χ3v) is 3.48. The maximum absolute atomic E-state index is 11.9. The standard InChI is InChI=1S/C14H18O/c1-11-7-6-10-13(15)14(11)12-8-4-2-3-5-9-12/h2-5,8-9,11-12,14H,6-7,10H2,1H3/t11-,14-/m1/s1. The summed E-state index contributed by atoms with van der Waals surface area (Å²) >= 11 is 0. The van der Waals surface area contributed by atoms with Crippen LogP contribution in [0, 0.1) is 17.8 Å². The molecule has 0 aliphatic heterocycles. The Hall–Kier alpha value is -1.11. The molecule has 2 rings (SSSR count). The second-order valence-corrected chi connectivity index (χ2v) is 4.59. The van der Waals surface area contributed by atoms with Crippen molar-refractivity contribution in [3.05, 3.63) is 36.5 Å². The normalized spacial score (nSPS) is 31.9. The largest absolute Gasteiger partial charge is 0.299 e. The summed E-state index contributed by atoms with van der Waals surface area (Å²) in [6.45, 7) is 2.21. The van der Waals surface area contributed by atoms with Gasteiger partial charge >= 0.3 is 0 Å². The van der Waals surface area contributed by atoms with Crippen LogP contribution in [-0.4, -0.2) is 5.78 Å².